The molecule has 4 fully saturated rings. The first kappa shape index (κ1) is 20.0. The van der Waals surface area contributed by atoms with Crippen LogP contribution in [0.3, 0.4) is 0 Å². The van der Waals surface area contributed by atoms with Gasteiger partial charge in [-0.25, -0.2) is 4.79 Å². The van der Waals surface area contributed by atoms with E-state index in [1.54, 1.807) is 24.5 Å². The number of nitrogens with one attached hydrogen (secondary N) is 1. The van der Waals surface area contributed by atoms with Crippen LogP contribution in [0.4, 0.5) is 10.5 Å². The predicted molar refractivity (Wildman–Crippen MR) is 115 cm³/mol. The Morgan fingerprint density at radius 2 is 1.87 bits per heavy atom. The third-order valence-electron chi connectivity index (χ3n) is 9.53. The highest BCUT2D eigenvalue weighted by molar-refractivity contribution is 5.87. The van der Waals surface area contributed by atoms with E-state index >= 15 is 0 Å². The maximum atomic E-state index is 12.6. The minimum Gasteiger partial charge on any atom is -0.446 e. The Hall–Kier alpha value is -1.91. The first-order valence-electron chi connectivity index (χ1n) is 11.8. The SMILES string of the molecule is C[C@]12CC[C@@H](OC(=O)Nc3ccncc3)C[C@H]1CC[C@@H]1[C@@H]2CC[C@]2(C)C(=O)CC[C@@H]12. The summed E-state index contributed by atoms with van der Waals surface area (Å²) in [6.07, 6.45) is 12.7. The monoisotopic (exact) mass is 410 g/mol. The Labute approximate surface area is 179 Å². The van der Waals surface area contributed by atoms with Crippen molar-refractivity contribution in [2.24, 2.45) is 34.5 Å². The van der Waals surface area contributed by atoms with Crippen LogP contribution in [0.5, 0.6) is 0 Å². The van der Waals surface area contributed by atoms with Crippen molar-refractivity contribution in [3.8, 4) is 0 Å². The van der Waals surface area contributed by atoms with E-state index in [1.165, 1.54) is 19.3 Å². The molecule has 7 atom stereocenters. The molecule has 1 aromatic rings. The van der Waals surface area contributed by atoms with Gasteiger partial charge in [-0.3, -0.25) is 15.1 Å². The summed E-state index contributed by atoms with van der Waals surface area (Å²) in [5, 5.41) is 2.82. The van der Waals surface area contributed by atoms with Crippen molar-refractivity contribution < 1.29 is 14.3 Å². The zero-order chi connectivity index (χ0) is 20.9. The van der Waals surface area contributed by atoms with Crippen LogP contribution in [0.1, 0.15) is 71.6 Å². The second-order valence-electron chi connectivity index (χ2n) is 10.7. The second kappa shape index (κ2) is 7.35. The van der Waals surface area contributed by atoms with Crippen LogP contribution < -0.4 is 5.32 Å². The topological polar surface area (TPSA) is 68.3 Å². The number of hydrogen-bond donors (Lipinski definition) is 1. The number of rotatable bonds is 2. The van der Waals surface area contributed by atoms with Gasteiger partial charge in [0.25, 0.3) is 0 Å². The lowest BCUT2D eigenvalue weighted by atomic mass is 9.45. The first-order valence-corrected chi connectivity index (χ1v) is 11.8. The number of ketones is 1. The van der Waals surface area contributed by atoms with Gasteiger partial charge in [0.05, 0.1) is 0 Å². The highest BCUT2D eigenvalue weighted by Gasteiger charge is 2.60. The quantitative estimate of drug-likeness (QED) is 0.688. The fourth-order valence-corrected chi connectivity index (χ4v) is 7.83. The van der Waals surface area contributed by atoms with Gasteiger partial charge in [0.15, 0.2) is 0 Å². The smallest absolute Gasteiger partial charge is 0.411 e. The Morgan fingerprint density at radius 1 is 1.07 bits per heavy atom. The largest absolute Gasteiger partial charge is 0.446 e. The van der Waals surface area contributed by atoms with Crippen molar-refractivity contribution >= 4 is 17.6 Å². The third-order valence-corrected chi connectivity index (χ3v) is 9.53. The van der Waals surface area contributed by atoms with E-state index in [9.17, 15) is 9.59 Å². The Bertz CT molecular complexity index is 827. The van der Waals surface area contributed by atoms with Crippen molar-refractivity contribution in [1.29, 1.82) is 0 Å². The van der Waals surface area contributed by atoms with Gasteiger partial charge in [0, 0.05) is 29.9 Å². The number of nitrogens with zero attached hydrogens (tertiary/aromatic N) is 1. The highest BCUT2D eigenvalue weighted by Crippen LogP contribution is 2.65. The average molecular weight is 411 g/mol. The summed E-state index contributed by atoms with van der Waals surface area (Å²) in [6, 6.07) is 3.54. The molecule has 30 heavy (non-hydrogen) atoms. The molecule has 0 radical (unpaired) electrons. The number of anilines is 1. The Morgan fingerprint density at radius 3 is 2.67 bits per heavy atom. The van der Waals surface area contributed by atoms with Crippen molar-refractivity contribution in [3.63, 3.8) is 0 Å². The van der Waals surface area contributed by atoms with Crippen LogP contribution in [0, 0.1) is 34.5 Å². The minimum atomic E-state index is -0.360. The molecule has 4 aliphatic carbocycles. The number of aromatic nitrogens is 1. The van der Waals surface area contributed by atoms with E-state index in [0.717, 1.165) is 44.4 Å². The summed E-state index contributed by atoms with van der Waals surface area (Å²) >= 11 is 0. The molecule has 0 aromatic carbocycles. The van der Waals surface area contributed by atoms with E-state index in [4.69, 9.17) is 4.74 Å². The lowest BCUT2D eigenvalue weighted by Gasteiger charge is -2.60. The summed E-state index contributed by atoms with van der Waals surface area (Å²) in [5.41, 5.74) is 1.00. The van der Waals surface area contributed by atoms with Gasteiger partial charge in [0.2, 0.25) is 0 Å². The molecule has 0 saturated heterocycles. The molecule has 0 unspecified atom stereocenters. The summed E-state index contributed by atoms with van der Waals surface area (Å²) < 4.78 is 5.81. The van der Waals surface area contributed by atoms with E-state index < -0.39 is 0 Å². The van der Waals surface area contributed by atoms with Gasteiger partial charge in [-0.2, -0.15) is 0 Å². The van der Waals surface area contributed by atoms with E-state index in [2.05, 4.69) is 24.1 Å². The van der Waals surface area contributed by atoms with Crippen molar-refractivity contribution in [2.75, 3.05) is 5.32 Å². The van der Waals surface area contributed by atoms with Gasteiger partial charge >= 0.3 is 6.09 Å². The molecular formula is C25H34N2O3. The van der Waals surface area contributed by atoms with E-state index in [0.29, 0.717) is 34.6 Å². The number of carbonyl (C=O) groups is 2. The van der Waals surface area contributed by atoms with Gasteiger partial charge in [0.1, 0.15) is 11.9 Å². The molecule has 1 N–H and O–H groups in total. The average Bonchev–Trinajstić information content (AvgIpc) is 3.04. The van der Waals surface area contributed by atoms with Crippen LogP contribution in [0.15, 0.2) is 24.5 Å². The number of amides is 1. The van der Waals surface area contributed by atoms with Crippen LogP contribution in [-0.4, -0.2) is 23.0 Å². The molecule has 4 saturated carbocycles. The fraction of sp³-hybridized carbons (Fsp3) is 0.720. The minimum absolute atomic E-state index is 0.00313. The Balaban J connectivity index is 1.24. The number of ether oxygens (including phenoxy) is 1. The number of fused-ring (bicyclic) bond motifs is 5. The highest BCUT2D eigenvalue weighted by atomic mass is 16.6. The van der Waals surface area contributed by atoms with Crippen LogP contribution >= 0.6 is 0 Å². The molecular weight excluding hydrogens is 376 g/mol. The lowest BCUT2D eigenvalue weighted by molar-refractivity contribution is -0.142. The molecule has 1 aromatic heterocycles. The van der Waals surface area contributed by atoms with Crippen molar-refractivity contribution in [2.45, 2.75) is 77.7 Å². The van der Waals surface area contributed by atoms with Crippen molar-refractivity contribution in [3.05, 3.63) is 24.5 Å². The second-order valence-corrected chi connectivity index (χ2v) is 10.7. The van der Waals surface area contributed by atoms with Crippen LogP contribution in [-0.2, 0) is 9.53 Å². The Kier molecular flexibility index (Phi) is 4.90. The molecule has 1 amide bonds. The molecule has 5 heteroatoms. The number of carbonyl (C=O) groups excluding carboxylic acids is 2. The first-order chi connectivity index (χ1) is 14.4. The maximum Gasteiger partial charge on any atom is 0.411 e. The number of Topliss-reactive ketones (excluding diaryl/α,β-unsaturated/α-hetero) is 1. The van der Waals surface area contributed by atoms with Crippen LogP contribution in [0.2, 0.25) is 0 Å². The van der Waals surface area contributed by atoms with E-state index in [-0.39, 0.29) is 17.6 Å². The zero-order valence-corrected chi connectivity index (χ0v) is 18.2. The van der Waals surface area contributed by atoms with Gasteiger partial charge in [-0.05, 0) is 92.6 Å². The predicted octanol–water partition coefficient (Wildman–Crippen LogP) is 5.61. The molecule has 0 spiro atoms. The third kappa shape index (κ3) is 3.16. The summed E-state index contributed by atoms with van der Waals surface area (Å²) in [6.45, 7) is 4.75. The van der Waals surface area contributed by atoms with E-state index in [1.807, 2.05) is 0 Å². The molecule has 1 heterocycles. The normalized spacial score (nSPS) is 42.6. The summed E-state index contributed by atoms with van der Waals surface area (Å²) in [4.78, 5) is 28.9. The fourth-order valence-electron chi connectivity index (χ4n) is 7.83. The molecule has 4 aliphatic rings. The van der Waals surface area contributed by atoms with Gasteiger partial charge in [-0.15, -0.1) is 0 Å². The zero-order valence-electron chi connectivity index (χ0n) is 18.2. The molecule has 5 rings (SSSR count). The maximum absolute atomic E-state index is 12.6. The summed E-state index contributed by atoms with van der Waals surface area (Å²) in [7, 11) is 0. The lowest BCUT2D eigenvalue weighted by Crippen LogP contribution is -2.54. The molecule has 0 bridgehead atoms. The van der Waals surface area contributed by atoms with Crippen LogP contribution in [0.25, 0.3) is 0 Å². The van der Waals surface area contributed by atoms with Gasteiger partial charge in [-0.1, -0.05) is 13.8 Å². The molecule has 0 aliphatic heterocycles. The van der Waals surface area contributed by atoms with Crippen molar-refractivity contribution in [1.82, 2.24) is 4.98 Å². The number of pyridine rings is 1. The summed E-state index contributed by atoms with van der Waals surface area (Å²) in [5.74, 6) is 3.18. The molecule has 5 nitrogen and oxygen atoms in total. The number of hydrogen-bond acceptors (Lipinski definition) is 4. The molecule has 162 valence electrons. The van der Waals surface area contributed by atoms with Gasteiger partial charge < -0.3 is 4.74 Å². The standard InChI is InChI=1S/C25H34N2O3/c1-24-11-7-18(30-23(29)27-17-9-13-26-14-10-17)15-16(24)3-4-19-20-5-6-22(28)25(20,2)12-8-21(19)24/h9-10,13-14,16,18-21H,3-8,11-12,15H2,1-2H3,(H,26,27,29)/t16-,18-,19+,20+,21+,24+,25+/m1/s1.